The summed E-state index contributed by atoms with van der Waals surface area (Å²) in [5.41, 5.74) is -0.780. The van der Waals surface area contributed by atoms with Crippen LogP contribution in [0.2, 0.25) is 0 Å². The van der Waals surface area contributed by atoms with Gasteiger partial charge in [-0.3, -0.25) is 14.4 Å². The van der Waals surface area contributed by atoms with Gasteiger partial charge in [0.2, 0.25) is 0 Å². The minimum absolute atomic E-state index is 0.0598. The van der Waals surface area contributed by atoms with Crippen molar-refractivity contribution in [2.45, 2.75) is 6.92 Å². The molecule has 12 heteroatoms. The quantitative estimate of drug-likeness (QED) is 0.185. The highest BCUT2D eigenvalue weighted by Gasteiger charge is 2.28. The van der Waals surface area contributed by atoms with Gasteiger partial charge in [-0.25, -0.2) is 0 Å². The Morgan fingerprint density at radius 3 is 1.03 bits per heavy atom. The number of benzene rings is 3. The standard InChI is InChI=1S/C26H27N3O9/c1-26(11-27-23(36)14-2-5-17(30)20(33)8-14,12-28-24(37)15-3-6-18(31)21(34)9-15)13-29-25(38)16-4-7-19(32)22(35)10-16/h2-10,30-35H,11-13H2,1H3,(H,27,36)(H,28,37)(H,29,38). The van der Waals surface area contributed by atoms with Crippen LogP contribution in [0.25, 0.3) is 0 Å². The number of hydrogen-bond donors (Lipinski definition) is 9. The molecule has 0 unspecified atom stereocenters. The first-order chi connectivity index (χ1) is 17.9. The normalized spacial score (nSPS) is 11.0. The molecule has 0 aliphatic carbocycles. The van der Waals surface area contributed by atoms with Crippen LogP contribution >= 0.6 is 0 Å². The minimum Gasteiger partial charge on any atom is -0.504 e. The van der Waals surface area contributed by atoms with Crippen molar-refractivity contribution in [1.82, 2.24) is 16.0 Å². The molecule has 0 heterocycles. The number of phenolic OH excluding ortho intramolecular Hbond substituents is 6. The van der Waals surface area contributed by atoms with E-state index in [-0.39, 0.29) is 36.3 Å². The van der Waals surface area contributed by atoms with E-state index in [2.05, 4.69) is 16.0 Å². The van der Waals surface area contributed by atoms with Crippen LogP contribution in [-0.4, -0.2) is 68.0 Å². The fourth-order valence-electron chi connectivity index (χ4n) is 3.37. The van der Waals surface area contributed by atoms with Gasteiger partial charge in [-0.2, -0.15) is 0 Å². The molecular weight excluding hydrogens is 498 g/mol. The average Bonchev–Trinajstić information content (AvgIpc) is 2.89. The second-order valence-electron chi connectivity index (χ2n) is 8.97. The fraction of sp³-hybridized carbons (Fsp3) is 0.192. The molecule has 0 atom stereocenters. The Balaban J connectivity index is 1.73. The van der Waals surface area contributed by atoms with E-state index < -0.39 is 57.6 Å². The Morgan fingerprint density at radius 1 is 0.526 bits per heavy atom. The third-order valence-corrected chi connectivity index (χ3v) is 5.74. The second-order valence-corrected chi connectivity index (χ2v) is 8.97. The predicted molar refractivity (Wildman–Crippen MR) is 134 cm³/mol. The summed E-state index contributed by atoms with van der Waals surface area (Å²) in [6, 6.07) is 10.6. The first-order valence-electron chi connectivity index (χ1n) is 11.3. The number of carbonyl (C=O) groups is 3. The predicted octanol–water partition coefficient (Wildman–Crippen LogP) is 1.52. The summed E-state index contributed by atoms with van der Waals surface area (Å²) < 4.78 is 0. The maximum absolute atomic E-state index is 12.6. The van der Waals surface area contributed by atoms with Crippen molar-refractivity contribution >= 4 is 17.7 Å². The van der Waals surface area contributed by atoms with Crippen molar-refractivity contribution in [3.8, 4) is 34.5 Å². The Hall–Kier alpha value is -5.13. The van der Waals surface area contributed by atoms with Crippen LogP contribution < -0.4 is 16.0 Å². The van der Waals surface area contributed by atoms with E-state index in [9.17, 15) is 45.0 Å². The number of amides is 3. The first-order valence-corrected chi connectivity index (χ1v) is 11.3. The molecule has 0 aromatic heterocycles. The zero-order valence-corrected chi connectivity index (χ0v) is 20.2. The van der Waals surface area contributed by atoms with Gasteiger partial charge in [0, 0.05) is 41.7 Å². The van der Waals surface area contributed by atoms with Gasteiger partial charge in [0.05, 0.1) is 0 Å². The van der Waals surface area contributed by atoms with Gasteiger partial charge in [-0.15, -0.1) is 0 Å². The van der Waals surface area contributed by atoms with Gasteiger partial charge in [-0.1, -0.05) is 6.92 Å². The van der Waals surface area contributed by atoms with Crippen LogP contribution in [-0.2, 0) is 0 Å². The van der Waals surface area contributed by atoms with Gasteiger partial charge in [-0.05, 0) is 54.6 Å². The number of hydrogen-bond acceptors (Lipinski definition) is 9. The van der Waals surface area contributed by atoms with E-state index in [0.717, 1.165) is 36.4 Å². The van der Waals surface area contributed by atoms with Crippen molar-refractivity contribution in [3.05, 3.63) is 71.3 Å². The molecule has 9 N–H and O–H groups in total. The molecule has 0 bridgehead atoms. The smallest absolute Gasteiger partial charge is 0.251 e. The summed E-state index contributed by atoms with van der Waals surface area (Å²) in [6.45, 7) is 1.49. The molecule has 0 saturated carbocycles. The summed E-state index contributed by atoms with van der Waals surface area (Å²) in [5, 5.41) is 65.4. The zero-order valence-electron chi connectivity index (χ0n) is 20.2. The van der Waals surface area contributed by atoms with Gasteiger partial charge < -0.3 is 46.6 Å². The van der Waals surface area contributed by atoms with Crippen molar-refractivity contribution in [3.63, 3.8) is 0 Å². The Kier molecular flexibility index (Phi) is 8.16. The van der Waals surface area contributed by atoms with Crippen molar-refractivity contribution < 1.29 is 45.0 Å². The number of carbonyl (C=O) groups excluding carboxylic acids is 3. The minimum atomic E-state index is -0.974. The highest BCUT2D eigenvalue weighted by molar-refractivity contribution is 5.96. The van der Waals surface area contributed by atoms with Gasteiger partial charge in [0.15, 0.2) is 34.5 Å². The molecule has 3 amide bonds. The molecule has 0 saturated heterocycles. The van der Waals surface area contributed by atoms with E-state index in [1.54, 1.807) is 6.92 Å². The van der Waals surface area contributed by atoms with E-state index in [0.29, 0.717) is 0 Å². The molecule has 3 rings (SSSR count). The first kappa shape index (κ1) is 27.5. The molecule has 200 valence electrons. The van der Waals surface area contributed by atoms with Gasteiger partial charge in [0.25, 0.3) is 17.7 Å². The monoisotopic (exact) mass is 525 g/mol. The Bertz CT molecular complexity index is 1210. The van der Waals surface area contributed by atoms with Crippen molar-refractivity contribution in [2.75, 3.05) is 19.6 Å². The summed E-state index contributed by atoms with van der Waals surface area (Å²) >= 11 is 0. The zero-order chi connectivity index (χ0) is 28.0. The SMILES string of the molecule is CC(CNC(=O)c1ccc(O)c(O)c1)(CNC(=O)c1ccc(O)c(O)c1)CNC(=O)c1ccc(O)c(O)c1. The Morgan fingerprint density at radius 2 is 0.789 bits per heavy atom. The van der Waals surface area contributed by atoms with Crippen LogP contribution in [0.3, 0.4) is 0 Å². The van der Waals surface area contributed by atoms with Crippen molar-refractivity contribution in [2.24, 2.45) is 5.41 Å². The fourth-order valence-corrected chi connectivity index (χ4v) is 3.37. The van der Waals surface area contributed by atoms with Gasteiger partial charge >= 0.3 is 0 Å². The molecular formula is C26H27N3O9. The maximum Gasteiger partial charge on any atom is 0.251 e. The lowest BCUT2D eigenvalue weighted by molar-refractivity contribution is 0.0895. The van der Waals surface area contributed by atoms with Gasteiger partial charge in [0.1, 0.15) is 0 Å². The largest absolute Gasteiger partial charge is 0.504 e. The summed E-state index contributed by atoms with van der Waals surface area (Å²) in [7, 11) is 0. The number of nitrogens with one attached hydrogen (secondary N) is 3. The summed E-state index contributed by atoms with van der Waals surface area (Å²) in [4.78, 5) is 37.9. The molecule has 3 aromatic rings. The molecule has 38 heavy (non-hydrogen) atoms. The average molecular weight is 526 g/mol. The molecule has 0 aliphatic rings. The topological polar surface area (TPSA) is 209 Å². The highest BCUT2D eigenvalue weighted by Crippen LogP contribution is 2.27. The molecule has 0 spiro atoms. The maximum atomic E-state index is 12.6. The van der Waals surface area contributed by atoms with E-state index >= 15 is 0 Å². The molecule has 12 nitrogen and oxygen atoms in total. The van der Waals surface area contributed by atoms with E-state index in [1.807, 2.05) is 0 Å². The molecule has 3 aromatic carbocycles. The van der Waals surface area contributed by atoms with Crippen LogP contribution in [0.1, 0.15) is 38.0 Å². The number of phenols is 6. The molecule has 0 radical (unpaired) electrons. The van der Waals surface area contributed by atoms with Crippen molar-refractivity contribution in [1.29, 1.82) is 0 Å². The molecule has 0 aliphatic heterocycles. The van der Waals surface area contributed by atoms with E-state index in [4.69, 9.17) is 0 Å². The van der Waals surface area contributed by atoms with Crippen LogP contribution in [0.5, 0.6) is 34.5 Å². The lowest BCUT2D eigenvalue weighted by atomic mass is 9.89. The van der Waals surface area contributed by atoms with E-state index in [1.165, 1.54) is 18.2 Å². The van der Waals surface area contributed by atoms with Crippen LogP contribution in [0.4, 0.5) is 0 Å². The summed E-state index contributed by atoms with van der Waals surface area (Å²) in [5.74, 6) is -4.37. The lowest BCUT2D eigenvalue weighted by Crippen LogP contribution is -2.50. The summed E-state index contributed by atoms with van der Waals surface area (Å²) in [6.07, 6.45) is 0. The third kappa shape index (κ3) is 6.75. The van der Waals surface area contributed by atoms with Crippen LogP contribution in [0, 0.1) is 5.41 Å². The highest BCUT2D eigenvalue weighted by atomic mass is 16.3. The Labute approximate surface area is 216 Å². The number of rotatable bonds is 9. The van der Waals surface area contributed by atoms with Crippen LogP contribution in [0.15, 0.2) is 54.6 Å². The molecule has 0 fully saturated rings. The second kappa shape index (κ2) is 11.3. The number of aromatic hydroxyl groups is 6. The third-order valence-electron chi connectivity index (χ3n) is 5.74. The lowest BCUT2D eigenvalue weighted by Gasteiger charge is -2.30.